The molecule has 2 N–H and O–H groups in total. The van der Waals surface area contributed by atoms with E-state index in [1.165, 1.54) is 0 Å². The van der Waals surface area contributed by atoms with Gasteiger partial charge >= 0.3 is 0 Å². The molecule has 0 atom stereocenters. The molecule has 1 heterocycles. The third-order valence-electron chi connectivity index (χ3n) is 3.50. The average molecular weight is 265 g/mol. The first kappa shape index (κ1) is 14.2. The van der Waals surface area contributed by atoms with Gasteiger partial charge in [-0.3, -0.25) is 0 Å². The Balaban J connectivity index is 1.97. The number of hydrogen-bond acceptors (Lipinski definition) is 4. The molecule has 0 radical (unpaired) electrons. The number of hydrogen-bond donors (Lipinski definition) is 1. The van der Waals surface area contributed by atoms with E-state index in [2.05, 4.69) is 0 Å². The van der Waals surface area contributed by atoms with Crippen molar-refractivity contribution in [1.29, 1.82) is 0 Å². The van der Waals surface area contributed by atoms with E-state index in [-0.39, 0.29) is 0 Å². The summed E-state index contributed by atoms with van der Waals surface area (Å²) in [6, 6.07) is 5.91. The summed E-state index contributed by atoms with van der Waals surface area (Å²) in [6.45, 7) is 3.08. The molecule has 0 aliphatic carbocycles. The molecule has 0 saturated carbocycles. The van der Waals surface area contributed by atoms with Crippen LogP contribution in [0.25, 0.3) is 0 Å². The van der Waals surface area contributed by atoms with Gasteiger partial charge in [0.25, 0.3) is 0 Å². The highest BCUT2D eigenvalue weighted by atomic mass is 16.5. The van der Waals surface area contributed by atoms with Crippen LogP contribution in [0.5, 0.6) is 11.5 Å². The molecule has 4 nitrogen and oxygen atoms in total. The average Bonchev–Trinajstić information content (AvgIpc) is 2.47. The van der Waals surface area contributed by atoms with Gasteiger partial charge in [0.1, 0.15) is 11.5 Å². The Kier molecular flexibility index (Phi) is 5.48. The van der Waals surface area contributed by atoms with E-state index in [1.54, 1.807) is 7.11 Å². The largest absolute Gasteiger partial charge is 0.497 e. The van der Waals surface area contributed by atoms with Gasteiger partial charge in [0.05, 0.1) is 13.7 Å². The Morgan fingerprint density at radius 2 is 2.11 bits per heavy atom. The van der Waals surface area contributed by atoms with Crippen LogP contribution in [0.1, 0.15) is 18.4 Å². The van der Waals surface area contributed by atoms with Gasteiger partial charge < -0.3 is 19.9 Å². The molecule has 0 amide bonds. The summed E-state index contributed by atoms with van der Waals surface area (Å²) in [7, 11) is 1.67. The molecule has 1 saturated heterocycles. The van der Waals surface area contributed by atoms with E-state index in [4.69, 9.17) is 19.9 Å². The van der Waals surface area contributed by atoms with E-state index < -0.39 is 0 Å². The van der Waals surface area contributed by atoms with Gasteiger partial charge in [-0.25, -0.2) is 0 Å². The molecule has 1 fully saturated rings. The molecule has 2 rings (SSSR count). The van der Waals surface area contributed by atoms with Gasteiger partial charge in [0.15, 0.2) is 0 Å². The minimum absolute atomic E-state index is 0.599. The second kappa shape index (κ2) is 7.36. The van der Waals surface area contributed by atoms with Crippen LogP contribution >= 0.6 is 0 Å². The van der Waals surface area contributed by atoms with Gasteiger partial charge in [-0.05, 0) is 55.5 Å². The van der Waals surface area contributed by atoms with Crippen molar-refractivity contribution < 1.29 is 14.2 Å². The minimum atomic E-state index is 0.599. The van der Waals surface area contributed by atoms with Crippen LogP contribution in [0.3, 0.4) is 0 Å². The predicted molar refractivity (Wildman–Crippen MR) is 74.8 cm³/mol. The molecular formula is C15H23NO3. The quantitative estimate of drug-likeness (QED) is 0.854. The van der Waals surface area contributed by atoms with Crippen molar-refractivity contribution in [3.8, 4) is 11.5 Å². The van der Waals surface area contributed by atoms with Gasteiger partial charge in [0, 0.05) is 13.2 Å². The monoisotopic (exact) mass is 265 g/mol. The highest BCUT2D eigenvalue weighted by molar-refractivity contribution is 5.40. The fraction of sp³-hybridized carbons (Fsp3) is 0.600. The molecule has 106 valence electrons. The standard InChI is InChI=1S/C15H23NO3/c1-17-14-2-3-15(13(10-14)4-7-16)19-11-12-5-8-18-9-6-12/h2-3,10,12H,4-9,11,16H2,1H3. The molecule has 1 aromatic rings. The molecule has 0 bridgehead atoms. The number of nitrogens with two attached hydrogens (primary N) is 1. The normalized spacial score (nSPS) is 16.3. The lowest BCUT2D eigenvalue weighted by Crippen LogP contribution is -2.21. The van der Waals surface area contributed by atoms with Gasteiger partial charge in [0.2, 0.25) is 0 Å². The van der Waals surface area contributed by atoms with E-state index in [9.17, 15) is 0 Å². The van der Waals surface area contributed by atoms with E-state index in [0.29, 0.717) is 12.5 Å². The Hall–Kier alpha value is -1.26. The first-order chi connectivity index (χ1) is 9.33. The van der Waals surface area contributed by atoms with Crippen molar-refractivity contribution in [1.82, 2.24) is 0 Å². The molecule has 0 aromatic heterocycles. The number of ether oxygens (including phenoxy) is 3. The fourth-order valence-corrected chi connectivity index (χ4v) is 2.30. The number of benzene rings is 1. The predicted octanol–water partition coefficient (Wildman–Crippen LogP) is 2.00. The van der Waals surface area contributed by atoms with Crippen molar-refractivity contribution >= 4 is 0 Å². The molecule has 0 unspecified atom stereocenters. The van der Waals surface area contributed by atoms with Gasteiger partial charge in [-0.1, -0.05) is 0 Å². The van der Waals surface area contributed by atoms with Crippen molar-refractivity contribution in [2.24, 2.45) is 11.7 Å². The lowest BCUT2D eigenvalue weighted by atomic mass is 10.0. The summed E-state index contributed by atoms with van der Waals surface area (Å²) >= 11 is 0. The number of rotatable bonds is 6. The Labute approximate surface area is 114 Å². The second-order valence-corrected chi connectivity index (χ2v) is 4.88. The molecule has 1 aliphatic rings. The lowest BCUT2D eigenvalue weighted by Gasteiger charge is -2.23. The zero-order valence-electron chi connectivity index (χ0n) is 11.6. The maximum absolute atomic E-state index is 5.96. The van der Waals surface area contributed by atoms with E-state index in [0.717, 1.165) is 56.1 Å². The Morgan fingerprint density at radius 3 is 2.79 bits per heavy atom. The first-order valence-electron chi connectivity index (χ1n) is 6.91. The van der Waals surface area contributed by atoms with Crippen molar-refractivity contribution in [2.45, 2.75) is 19.3 Å². The van der Waals surface area contributed by atoms with E-state index >= 15 is 0 Å². The summed E-state index contributed by atoms with van der Waals surface area (Å²) in [5, 5.41) is 0. The second-order valence-electron chi connectivity index (χ2n) is 4.88. The molecule has 1 aromatic carbocycles. The summed E-state index contributed by atoms with van der Waals surface area (Å²) in [5.41, 5.74) is 6.77. The van der Waals surface area contributed by atoms with Crippen LogP contribution in [0, 0.1) is 5.92 Å². The zero-order valence-corrected chi connectivity index (χ0v) is 11.6. The van der Waals surface area contributed by atoms with Gasteiger partial charge in [-0.2, -0.15) is 0 Å². The maximum Gasteiger partial charge on any atom is 0.122 e. The Morgan fingerprint density at radius 1 is 1.32 bits per heavy atom. The third-order valence-corrected chi connectivity index (χ3v) is 3.50. The summed E-state index contributed by atoms with van der Waals surface area (Å²) < 4.78 is 16.6. The van der Waals surface area contributed by atoms with Crippen LogP contribution in [0.2, 0.25) is 0 Å². The summed E-state index contributed by atoms with van der Waals surface area (Å²) in [5.74, 6) is 2.38. The SMILES string of the molecule is COc1ccc(OCC2CCOCC2)c(CCN)c1. The van der Waals surface area contributed by atoms with Gasteiger partial charge in [-0.15, -0.1) is 0 Å². The highest BCUT2D eigenvalue weighted by Gasteiger charge is 2.15. The van der Waals surface area contributed by atoms with Crippen LogP contribution in [0.15, 0.2) is 18.2 Å². The smallest absolute Gasteiger partial charge is 0.122 e. The lowest BCUT2D eigenvalue weighted by molar-refractivity contribution is 0.0496. The summed E-state index contributed by atoms with van der Waals surface area (Å²) in [4.78, 5) is 0. The molecule has 0 spiro atoms. The molecular weight excluding hydrogens is 242 g/mol. The molecule has 4 heteroatoms. The highest BCUT2D eigenvalue weighted by Crippen LogP contribution is 2.26. The topological polar surface area (TPSA) is 53.7 Å². The molecule has 19 heavy (non-hydrogen) atoms. The van der Waals surface area contributed by atoms with Crippen molar-refractivity contribution in [3.63, 3.8) is 0 Å². The Bertz CT molecular complexity index is 389. The van der Waals surface area contributed by atoms with Crippen molar-refractivity contribution in [3.05, 3.63) is 23.8 Å². The maximum atomic E-state index is 5.96. The zero-order chi connectivity index (χ0) is 13.5. The van der Waals surface area contributed by atoms with Crippen LogP contribution in [-0.4, -0.2) is 33.5 Å². The number of methoxy groups -OCH3 is 1. The third kappa shape index (κ3) is 4.11. The van der Waals surface area contributed by atoms with Crippen molar-refractivity contribution in [2.75, 3.05) is 33.5 Å². The first-order valence-corrected chi connectivity index (χ1v) is 6.91. The minimum Gasteiger partial charge on any atom is -0.497 e. The molecule has 1 aliphatic heterocycles. The van der Waals surface area contributed by atoms with Crippen LogP contribution in [-0.2, 0) is 11.2 Å². The van der Waals surface area contributed by atoms with Crippen LogP contribution in [0.4, 0.5) is 0 Å². The van der Waals surface area contributed by atoms with Crippen LogP contribution < -0.4 is 15.2 Å². The summed E-state index contributed by atoms with van der Waals surface area (Å²) in [6.07, 6.45) is 2.98. The fourth-order valence-electron chi connectivity index (χ4n) is 2.30. The van der Waals surface area contributed by atoms with E-state index in [1.807, 2.05) is 18.2 Å².